The van der Waals surface area contributed by atoms with Gasteiger partial charge in [-0.1, -0.05) is 41.4 Å². The Morgan fingerprint density at radius 3 is 2.68 bits per heavy atom. The normalized spacial score (nSPS) is 10.8. The van der Waals surface area contributed by atoms with Gasteiger partial charge in [0.1, 0.15) is 11.3 Å². The lowest BCUT2D eigenvalue weighted by Gasteiger charge is -2.07. The highest BCUT2D eigenvalue weighted by molar-refractivity contribution is 6.33. The first-order valence-electron chi connectivity index (χ1n) is 8.73. The third-order valence-corrected chi connectivity index (χ3v) is 4.50. The Bertz CT molecular complexity index is 1140. The topological polar surface area (TPSA) is 64.4 Å². The van der Waals surface area contributed by atoms with Gasteiger partial charge >= 0.3 is 0 Å². The predicted molar refractivity (Wildman–Crippen MR) is 110 cm³/mol. The van der Waals surface area contributed by atoms with E-state index in [0.29, 0.717) is 33.4 Å². The van der Waals surface area contributed by atoms with E-state index in [1.165, 1.54) is 0 Å². The number of nitrogens with zero attached hydrogens (tertiary/aromatic N) is 1. The van der Waals surface area contributed by atoms with Gasteiger partial charge in [-0.15, -0.1) is 0 Å². The van der Waals surface area contributed by atoms with Crippen LogP contribution in [0.2, 0.25) is 5.02 Å². The summed E-state index contributed by atoms with van der Waals surface area (Å²) in [6.07, 6.45) is 0. The van der Waals surface area contributed by atoms with Crippen molar-refractivity contribution in [2.45, 2.75) is 6.92 Å². The Labute approximate surface area is 166 Å². The molecular weight excluding hydrogens is 376 g/mol. The van der Waals surface area contributed by atoms with Gasteiger partial charge in [-0.05, 0) is 43.3 Å². The Morgan fingerprint density at radius 2 is 1.89 bits per heavy atom. The maximum Gasteiger partial charge on any atom is 0.262 e. The molecule has 0 aliphatic rings. The van der Waals surface area contributed by atoms with Crippen LogP contribution in [0.5, 0.6) is 5.75 Å². The Balaban J connectivity index is 1.46. The molecule has 4 aromatic rings. The van der Waals surface area contributed by atoms with Crippen molar-refractivity contribution in [3.05, 3.63) is 77.3 Å². The largest absolute Gasteiger partial charge is 0.484 e. The fourth-order valence-corrected chi connectivity index (χ4v) is 2.95. The molecular formula is C22H17ClN2O3. The third kappa shape index (κ3) is 4.00. The van der Waals surface area contributed by atoms with Gasteiger partial charge in [0, 0.05) is 11.8 Å². The number of ether oxygens (including phenoxy) is 1. The molecule has 0 radical (unpaired) electrons. The van der Waals surface area contributed by atoms with Crippen LogP contribution in [-0.4, -0.2) is 17.5 Å². The molecule has 140 valence electrons. The standard InChI is InChI=1S/C22H17ClN2O3/c1-14-6-9-16(10-7-14)27-13-21(26)24-15-8-11-19-20(12-15)28-22(25-19)17-4-2-3-5-18(17)23/h2-12H,13H2,1H3,(H,24,26). The van der Waals surface area contributed by atoms with Crippen LogP contribution in [0.25, 0.3) is 22.6 Å². The van der Waals surface area contributed by atoms with E-state index < -0.39 is 0 Å². The highest BCUT2D eigenvalue weighted by Crippen LogP contribution is 2.30. The van der Waals surface area contributed by atoms with Gasteiger partial charge in [0.15, 0.2) is 12.2 Å². The number of carbonyl (C=O) groups excluding carboxylic acids is 1. The molecule has 0 aliphatic heterocycles. The van der Waals surface area contributed by atoms with Crippen molar-refractivity contribution >= 4 is 34.3 Å². The molecule has 0 aliphatic carbocycles. The highest BCUT2D eigenvalue weighted by atomic mass is 35.5. The van der Waals surface area contributed by atoms with Crippen LogP contribution in [0.4, 0.5) is 5.69 Å². The summed E-state index contributed by atoms with van der Waals surface area (Å²) < 4.78 is 11.3. The highest BCUT2D eigenvalue weighted by Gasteiger charge is 2.12. The first kappa shape index (κ1) is 18.1. The zero-order valence-electron chi connectivity index (χ0n) is 15.1. The van der Waals surface area contributed by atoms with Gasteiger partial charge in [-0.3, -0.25) is 4.79 Å². The van der Waals surface area contributed by atoms with Gasteiger partial charge in [-0.2, -0.15) is 0 Å². The number of fused-ring (bicyclic) bond motifs is 1. The number of anilines is 1. The lowest BCUT2D eigenvalue weighted by atomic mass is 10.2. The van der Waals surface area contributed by atoms with Gasteiger partial charge < -0.3 is 14.5 Å². The van der Waals surface area contributed by atoms with Crippen LogP contribution in [0.3, 0.4) is 0 Å². The molecule has 0 bridgehead atoms. The quantitative estimate of drug-likeness (QED) is 0.488. The number of nitrogens with one attached hydrogen (secondary N) is 1. The molecule has 1 amide bonds. The molecule has 6 heteroatoms. The number of halogens is 1. The molecule has 0 fully saturated rings. The second-order valence-electron chi connectivity index (χ2n) is 6.33. The van der Waals surface area contributed by atoms with Gasteiger partial charge in [-0.25, -0.2) is 4.98 Å². The SMILES string of the molecule is Cc1ccc(OCC(=O)Nc2ccc3nc(-c4ccccc4Cl)oc3c2)cc1. The van der Waals surface area contributed by atoms with Gasteiger partial charge in [0.2, 0.25) is 5.89 Å². The summed E-state index contributed by atoms with van der Waals surface area (Å²) in [4.78, 5) is 16.6. The summed E-state index contributed by atoms with van der Waals surface area (Å²) in [5.41, 5.74) is 3.70. The van der Waals surface area contributed by atoms with Crippen molar-refractivity contribution in [3.8, 4) is 17.2 Å². The zero-order valence-corrected chi connectivity index (χ0v) is 15.9. The summed E-state index contributed by atoms with van der Waals surface area (Å²) in [5, 5.41) is 3.36. The summed E-state index contributed by atoms with van der Waals surface area (Å²) in [6, 6.07) is 20.2. The van der Waals surface area contributed by atoms with Crippen molar-refractivity contribution < 1.29 is 13.9 Å². The number of carbonyl (C=O) groups is 1. The lowest BCUT2D eigenvalue weighted by Crippen LogP contribution is -2.20. The molecule has 3 aromatic carbocycles. The van der Waals surface area contributed by atoms with Crippen LogP contribution in [0, 0.1) is 6.92 Å². The van der Waals surface area contributed by atoms with E-state index in [1.807, 2.05) is 49.4 Å². The van der Waals surface area contributed by atoms with Crippen LogP contribution in [0.1, 0.15) is 5.56 Å². The molecule has 0 unspecified atom stereocenters. The van der Waals surface area contributed by atoms with Crippen LogP contribution >= 0.6 is 11.6 Å². The minimum absolute atomic E-state index is 0.0810. The molecule has 0 saturated carbocycles. The first-order valence-corrected chi connectivity index (χ1v) is 9.11. The number of hydrogen-bond acceptors (Lipinski definition) is 4. The van der Waals surface area contributed by atoms with E-state index in [2.05, 4.69) is 10.3 Å². The number of benzene rings is 3. The molecule has 0 saturated heterocycles. The van der Waals surface area contributed by atoms with Crippen molar-refractivity contribution in [1.29, 1.82) is 0 Å². The Morgan fingerprint density at radius 1 is 1.11 bits per heavy atom. The van der Waals surface area contributed by atoms with E-state index in [1.54, 1.807) is 24.3 Å². The van der Waals surface area contributed by atoms with E-state index in [-0.39, 0.29) is 12.5 Å². The molecule has 28 heavy (non-hydrogen) atoms. The minimum Gasteiger partial charge on any atom is -0.484 e. The van der Waals surface area contributed by atoms with Crippen molar-refractivity contribution in [2.75, 3.05) is 11.9 Å². The number of amides is 1. The van der Waals surface area contributed by atoms with E-state index in [4.69, 9.17) is 20.8 Å². The Hall–Kier alpha value is -3.31. The monoisotopic (exact) mass is 392 g/mol. The molecule has 0 spiro atoms. The number of aryl methyl sites for hydroxylation is 1. The summed E-state index contributed by atoms with van der Waals surface area (Å²) >= 11 is 6.21. The second-order valence-corrected chi connectivity index (χ2v) is 6.74. The number of aromatic nitrogens is 1. The van der Waals surface area contributed by atoms with E-state index >= 15 is 0 Å². The summed E-state index contributed by atoms with van der Waals surface area (Å²) in [5.74, 6) is 0.827. The van der Waals surface area contributed by atoms with Crippen LogP contribution < -0.4 is 10.1 Å². The maximum atomic E-state index is 12.2. The van der Waals surface area contributed by atoms with Crippen molar-refractivity contribution in [3.63, 3.8) is 0 Å². The molecule has 1 aromatic heterocycles. The molecule has 1 N–H and O–H groups in total. The summed E-state index contributed by atoms with van der Waals surface area (Å²) in [6.45, 7) is 1.91. The minimum atomic E-state index is -0.259. The summed E-state index contributed by atoms with van der Waals surface area (Å²) in [7, 11) is 0. The fourth-order valence-electron chi connectivity index (χ4n) is 2.73. The Kier molecular flexibility index (Phi) is 5.00. The first-order chi connectivity index (χ1) is 13.6. The second kappa shape index (κ2) is 7.74. The van der Waals surface area contributed by atoms with Crippen molar-refractivity contribution in [2.24, 2.45) is 0 Å². The van der Waals surface area contributed by atoms with Gasteiger partial charge in [0.25, 0.3) is 5.91 Å². The average molecular weight is 393 g/mol. The van der Waals surface area contributed by atoms with Crippen LogP contribution in [-0.2, 0) is 4.79 Å². The molecule has 0 atom stereocenters. The molecule has 5 nitrogen and oxygen atoms in total. The third-order valence-electron chi connectivity index (χ3n) is 4.17. The van der Waals surface area contributed by atoms with E-state index in [0.717, 1.165) is 11.1 Å². The van der Waals surface area contributed by atoms with Gasteiger partial charge in [0.05, 0.1) is 10.6 Å². The number of hydrogen-bond donors (Lipinski definition) is 1. The van der Waals surface area contributed by atoms with E-state index in [9.17, 15) is 4.79 Å². The predicted octanol–water partition coefficient (Wildman–Crippen LogP) is 5.47. The maximum absolute atomic E-state index is 12.2. The lowest BCUT2D eigenvalue weighted by molar-refractivity contribution is -0.118. The number of rotatable bonds is 5. The fraction of sp³-hybridized carbons (Fsp3) is 0.0909. The molecule has 1 heterocycles. The molecule has 4 rings (SSSR count). The van der Waals surface area contributed by atoms with Crippen LogP contribution in [0.15, 0.2) is 71.1 Å². The average Bonchev–Trinajstić information content (AvgIpc) is 3.11. The number of oxazole rings is 1. The van der Waals surface area contributed by atoms with Crippen molar-refractivity contribution in [1.82, 2.24) is 4.98 Å². The smallest absolute Gasteiger partial charge is 0.262 e. The zero-order chi connectivity index (χ0) is 19.5.